The van der Waals surface area contributed by atoms with Gasteiger partial charge in [0.1, 0.15) is 0 Å². The number of nitrogens with one attached hydrogen (secondary N) is 1. The minimum Gasteiger partial charge on any atom is -0.349 e. The lowest BCUT2D eigenvalue weighted by Gasteiger charge is -2.29. The Morgan fingerprint density at radius 3 is 2.35 bits per heavy atom. The first kappa shape index (κ1) is 16.1. The summed E-state index contributed by atoms with van der Waals surface area (Å²) in [6.45, 7) is 0.611. The molecule has 0 heterocycles. The van der Waals surface area contributed by atoms with Gasteiger partial charge in [-0.15, -0.1) is 12.4 Å². The van der Waals surface area contributed by atoms with Crippen molar-refractivity contribution in [2.24, 2.45) is 23.5 Å². The number of hydrogen-bond acceptors (Lipinski definition) is 2. The second-order valence-corrected chi connectivity index (χ2v) is 7.08. The molecule has 4 heteroatoms. The van der Waals surface area contributed by atoms with Crippen LogP contribution >= 0.6 is 12.4 Å². The van der Waals surface area contributed by atoms with Crippen LogP contribution in [-0.2, 0) is 4.79 Å². The van der Waals surface area contributed by atoms with Crippen molar-refractivity contribution >= 4 is 18.3 Å². The Hall–Kier alpha value is -0.280. The Morgan fingerprint density at radius 1 is 1.10 bits per heavy atom. The van der Waals surface area contributed by atoms with E-state index in [1.54, 1.807) is 0 Å². The Balaban J connectivity index is 0.00000147. The average Bonchev–Trinajstić information content (AvgIpc) is 3.13. The summed E-state index contributed by atoms with van der Waals surface area (Å²) >= 11 is 0. The molecule has 3 fully saturated rings. The van der Waals surface area contributed by atoms with Gasteiger partial charge < -0.3 is 11.1 Å². The lowest BCUT2D eigenvalue weighted by molar-refractivity contribution is -0.124. The number of amides is 1. The molecule has 2 unspecified atom stereocenters. The summed E-state index contributed by atoms with van der Waals surface area (Å²) in [5, 5.41) is 3.31. The van der Waals surface area contributed by atoms with E-state index in [1.807, 2.05) is 0 Å². The van der Waals surface area contributed by atoms with E-state index in [0.717, 1.165) is 25.2 Å². The second-order valence-electron chi connectivity index (χ2n) is 7.08. The maximum absolute atomic E-state index is 12.4. The first-order chi connectivity index (χ1) is 9.24. The van der Waals surface area contributed by atoms with Gasteiger partial charge >= 0.3 is 0 Å². The minimum absolute atomic E-state index is 0. The number of halogens is 1. The molecule has 3 saturated carbocycles. The van der Waals surface area contributed by atoms with E-state index < -0.39 is 0 Å². The zero-order valence-corrected chi connectivity index (χ0v) is 13.2. The van der Waals surface area contributed by atoms with E-state index in [1.165, 1.54) is 44.9 Å². The standard InChI is InChI=1S/C16H28N2O.ClH/c17-11-16(8-4-5-9-16)18-15(19)14-10-13(14)12-6-2-1-3-7-12;/h12-14H,1-11,17H2,(H,18,19);1H. The maximum atomic E-state index is 12.4. The van der Waals surface area contributed by atoms with Crippen molar-refractivity contribution in [2.75, 3.05) is 6.54 Å². The van der Waals surface area contributed by atoms with Crippen LogP contribution in [-0.4, -0.2) is 18.0 Å². The molecule has 0 spiro atoms. The molecule has 0 saturated heterocycles. The molecule has 3 nitrogen and oxygen atoms in total. The molecule has 2 atom stereocenters. The van der Waals surface area contributed by atoms with Crippen LogP contribution in [0.15, 0.2) is 0 Å². The molecule has 3 N–H and O–H groups in total. The number of rotatable bonds is 4. The summed E-state index contributed by atoms with van der Waals surface area (Å²) in [7, 11) is 0. The van der Waals surface area contributed by atoms with Crippen LogP contribution in [0.4, 0.5) is 0 Å². The van der Waals surface area contributed by atoms with E-state index in [9.17, 15) is 4.79 Å². The molecule has 0 aromatic heterocycles. The van der Waals surface area contributed by atoms with Crippen LogP contribution in [0, 0.1) is 17.8 Å². The predicted molar refractivity (Wildman–Crippen MR) is 83.8 cm³/mol. The third-order valence-corrected chi connectivity index (χ3v) is 5.77. The highest BCUT2D eigenvalue weighted by Gasteiger charge is 2.49. The second kappa shape index (κ2) is 6.65. The molecule has 0 radical (unpaired) electrons. The molecule has 3 aliphatic carbocycles. The molecular formula is C16H29ClN2O. The van der Waals surface area contributed by atoms with E-state index >= 15 is 0 Å². The summed E-state index contributed by atoms with van der Waals surface area (Å²) in [5.74, 6) is 2.15. The molecule has 0 aromatic rings. The van der Waals surface area contributed by atoms with Crippen LogP contribution in [0.25, 0.3) is 0 Å². The van der Waals surface area contributed by atoms with Gasteiger partial charge in [-0.1, -0.05) is 44.9 Å². The van der Waals surface area contributed by atoms with Gasteiger partial charge in [-0.05, 0) is 31.1 Å². The van der Waals surface area contributed by atoms with E-state index in [2.05, 4.69) is 5.32 Å². The molecule has 3 rings (SSSR count). The smallest absolute Gasteiger partial charge is 0.223 e. The van der Waals surface area contributed by atoms with Crippen molar-refractivity contribution in [3.63, 3.8) is 0 Å². The predicted octanol–water partition coefficient (Wildman–Crippen LogP) is 3.01. The first-order valence-electron chi connectivity index (χ1n) is 8.26. The van der Waals surface area contributed by atoms with Crippen molar-refractivity contribution in [1.82, 2.24) is 5.32 Å². The topological polar surface area (TPSA) is 55.1 Å². The van der Waals surface area contributed by atoms with Crippen LogP contribution in [0.5, 0.6) is 0 Å². The zero-order valence-electron chi connectivity index (χ0n) is 12.4. The van der Waals surface area contributed by atoms with Crippen molar-refractivity contribution in [3.8, 4) is 0 Å². The van der Waals surface area contributed by atoms with Crippen molar-refractivity contribution in [2.45, 2.75) is 69.7 Å². The van der Waals surface area contributed by atoms with Crippen LogP contribution in [0.1, 0.15) is 64.2 Å². The number of carbonyl (C=O) groups is 1. The van der Waals surface area contributed by atoms with Gasteiger partial charge in [0.05, 0.1) is 5.54 Å². The minimum atomic E-state index is -0.0587. The van der Waals surface area contributed by atoms with Crippen molar-refractivity contribution in [3.05, 3.63) is 0 Å². The maximum Gasteiger partial charge on any atom is 0.223 e. The Labute approximate surface area is 128 Å². The number of nitrogens with two attached hydrogens (primary N) is 1. The van der Waals surface area contributed by atoms with Gasteiger partial charge in [-0.2, -0.15) is 0 Å². The highest BCUT2D eigenvalue weighted by atomic mass is 35.5. The van der Waals surface area contributed by atoms with Gasteiger partial charge in [0.2, 0.25) is 5.91 Å². The SMILES string of the molecule is Cl.NCC1(NC(=O)C2CC2C2CCCCC2)CCCC1. The summed E-state index contributed by atoms with van der Waals surface area (Å²) in [4.78, 5) is 12.4. The lowest BCUT2D eigenvalue weighted by atomic mass is 9.85. The number of carbonyl (C=O) groups excluding carboxylic acids is 1. The number of hydrogen-bond donors (Lipinski definition) is 2. The van der Waals surface area contributed by atoms with Crippen molar-refractivity contribution < 1.29 is 4.79 Å². The molecule has 3 aliphatic rings. The van der Waals surface area contributed by atoms with Crippen molar-refractivity contribution in [1.29, 1.82) is 0 Å². The summed E-state index contributed by atoms with van der Waals surface area (Å²) in [6, 6.07) is 0. The molecule has 0 aromatic carbocycles. The molecule has 0 bridgehead atoms. The highest BCUT2D eigenvalue weighted by Crippen LogP contribution is 2.49. The summed E-state index contributed by atoms with van der Waals surface area (Å²) < 4.78 is 0. The molecule has 1 amide bonds. The molecule has 116 valence electrons. The monoisotopic (exact) mass is 300 g/mol. The largest absolute Gasteiger partial charge is 0.349 e. The Bertz CT molecular complexity index is 335. The van der Waals surface area contributed by atoms with E-state index in [4.69, 9.17) is 5.73 Å². The fourth-order valence-electron chi connectivity index (χ4n) is 4.39. The first-order valence-corrected chi connectivity index (χ1v) is 8.26. The van der Waals surface area contributed by atoms with E-state index in [-0.39, 0.29) is 17.9 Å². The van der Waals surface area contributed by atoms with E-state index in [0.29, 0.717) is 24.3 Å². The van der Waals surface area contributed by atoms with Crippen LogP contribution < -0.4 is 11.1 Å². The van der Waals surface area contributed by atoms with Gasteiger partial charge in [0.25, 0.3) is 0 Å². The fourth-order valence-corrected chi connectivity index (χ4v) is 4.39. The third-order valence-electron chi connectivity index (χ3n) is 5.77. The normalized spacial score (nSPS) is 32.5. The zero-order chi connectivity index (χ0) is 13.3. The quantitative estimate of drug-likeness (QED) is 0.838. The average molecular weight is 301 g/mol. The van der Waals surface area contributed by atoms with Crippen LogP contribution in [0.2, 0.25) is 0 Å². The highest BCUT2D eigenvalue weighted by molar-refractivity contribution is 5.85. The fraction of sp³-hybridized carbons (Fsp3) is 0.938. The Kier molecular flexibility index (Phi) is 5.36. The van der Waals surface area contributed by atoms with Gasteiger partial charge in [0.15, 0.2) is 0 Å². The van der Waals surface area contributed by atoms with Crippen LogP contribution in [0.3, 0.4) is 0 Å². The van der Waals surface area contributed by atoms with Gasteiger partial charge in [-0.25, -0.2) is 0 Å². The molecular weight excluding hydrogens is 272 g/mol. The summed E-state index contributed by atoms with van der Waals surface area (Å²) in [6.07, 6.45) is 12.6. The van der Waals surface area contributed by atoms with Gasteiger partial charge in [0, 0.05) is 12.5 Å². The molecule has 20 heavy (non-hydrogen) atoms. The summed E-state index contributed by atoms with van der Waals surface area (Å²) in [5.41, 5.74) is 5.84. The lowest BCUT2D eigenvalue weighted by Crippen LogP contribution is -2.52. The third kappa shape index (κ3) is 3.30. The Morgan fingerprint density at radius 2 is 1.75 bits per heavy atom. The van der Waals surface area contributed by atoms with Gasteiger partial charge in [-0.3, -0.25) is 4.79 Å². The molecule has 0 aliphatic heterocycles.